The van der Waals surface area contributed by atoms with Crippen LogP contribution in [-0.2, 0) is 0 Å². The number of hydrogen-bond acceptors (Lipinski definition) is 2. The second-order valence-electron chi connectivity index (χ2n) is 5.25. The molecule has 0 saturated heterocycles. The zero-order valence-corrected chi connectivity index (χ0v) is 12.1. The molecule has 0 amide bonds. The fourth-order valence-corrected chi connectivity index (χ4v) is 3.31. The van der Waals surface area contributed by atoms with Gasteiger partial charge in [-0.1, -0.05) is 35.0 Å². The minimum atomic E-state index is 0.581. The van der Waals surface area contributed by atoms with Crippen LogP contribution in [0.2, 0.25) is 0 Å². The summed E-state index contributed by atoms with van der Waals surface area (Å²) in [6.45, 7) is 2.33. The fourth-order valence-electron chi connectivity index (χ4n) is 2.82. The zero-order chi connectivity index (χ0) is 12.5. The molecule has 0 radical (unpaired) electrons. The highest BCUT2D eigenvalue weighted by atomic mass is 79.9. The van der Waals surface area contributed by atoms with E-state index in [-0.39, 0.29) is 0 Å². The molecule has 1 aliphatic carbocycles. The topological polar surface area (TPSA) is 24.9 Å². The van der Waals surface area contributed by atoms with Crippen LogP contribution >= 0.6 is 15.9 Å². The molecule has 1 aromatic heterocycles. The molecular weight excluding hydrogens is 288 g/mol. The van der Waals surface area contributed by atoms with Crippen LogP contribution in [0.5, 0.6) is 0 Å². The van der Waals surface area contributed by atoms with E-state index >= 15 is 0 Å². The lowest BCUT2D eigenvalue weighted by atomic mass is 10.1. The van der Waals surface area contributed by atoms with E-state index in [0.29, 0.717) is 6.04 Å². The van der Waals surface area contributed by atoms with Gasteiger partial charge in [-0.05, 0) is 37.3 Å². The van der Waals surface area contributed by atoms with Crippen LogP contribution in [0.1, 0.15) is 26.2 Å². The number of pyridine rings is 1. The second-order valence-corrected chi connectivity index (χ2v) is 6.11. The van der Waals surface area contributed by atoms with Crippen molar-refractivity contribution in [2.75, 3.05) is 5.32 Å². The average molecular weight is 305 g/mol. The Morgan fingerprint density at radius 1 is 1.22 bits per heavy atom. The van der Waals surface area contributed by atoms with Gasteiger partial charge in [-0.3, -0.25) is 0 Å². The lowest BCUT2D eigenvalue weighted by molar-refractivity contribution is 0.602. The van der Waals surface area contributed by atoms with Gasteiger partial charge in [0.25, 0.3) is 0 Å². The minimum absolute atomic E-state index is 0.581. The van der Waals surface area contributed by atoms with Crippen molar-refractivity contribution in [1.82, 2.24) is 4.98 Å². The molecule has 2 nitrogen and oxygen atoms in total. The lowest BCUT2D eigenvalue weighted by Crippen LogP contribution is -2.16. The van der Waals surface area contributed by atoms with E-state index in [1.807, 2.05) is 6.20 Å². The van der Waals surface area contributed by atoms with Gasteiger partial charge >= 0.3 is 0 Å². The molecule has 1 aromatic carbocycles. The summed E-state index contributed by atoms with van der Waals surface area (Å²) < 4.78 is 1.13. The van der Waals surface area contributed by atoms with Crippen LogP contribution in [0.25, 0.3) is 10.8 Å². The van der Waals surface area contributed by atoms with E-state index in [0.717, 1.165) is 16.2 Å². The summed E-state index contributed by atoms with van der Waals surface area (Å²) in [6.07, 6.45) is 5.72. The molecule has 3 rings (SSSR count). The molecule has 2 atom stereocenters. The van der Waals surface area contributed by atoms with Crippen LogP contribution in [0, 0.1) is 5.92 Å². The maximum absolute atomic E-state index is 4.50. The third kappa shape index (κ3) is 2.24. The summed E-state index contributed by atoms with van der Waals surface area (Å²) in [7, 11) is 0. The third-order valence-electron chi connectivity index (χ3n) is 3.79. The largest absolute Gasteiger partial charge is 0.367 e. The summed E-state index contributed by atoms with van der Waals surface area (Å²) in [6, 6.07) is 8.91. The van der Waals surface area contributed by atoms with E-state index in [2.05, 4.69) is 57.4 Å². The van der Waals surface area contributed by atoms with Crippen LogP contribution in [0.3, 0.4) is 0 Å². The van der Waals surface area contributed by atoms with E-state index in [1.165, 1.54) is 30.0 Å². The Morgan fingerprint density at radius 2 is 2.11 bits per heavy atom. The van der Waals surface area contributed by atoms with Gasteiger partial charge in [0, 0.05) is 27.5 Å². The zero-order valence-electron chi connectivity index (χ0n) is 10.5. The molecule has 1 fully saturated rings. The van der Waals surface area contributed by atoms with E-state index in [9.17, 15) is 0 Å². The standard InChI is InChI=1S/C15H17BrN2/c1-10-5-6-11(9-10)18-15-13-3-2-4-14(16)12(13)7-8-17-15/h2-4,7-8,10-11H,5-6,9H2,1H3,(H,17,18). The van der Waals surface area contributed by atoms with E-state index < -0.39 is 0 Å². The molecule has 1 saturated carbocycles. The highest BCUT2D eigenvalue weighted by molar-refractivity contribution is 9.10. The minimum Gasteiger partial charge on any atom is -0.367 e. The molecular formula is C15H17BrN2. The molecule has 1 aliphatic rings. The van der Waals surface area contributed by atoms with Gasteiger partial charge in [-0.15, -0.1) is 0 Å². The second kappa shape index (κ2) is 4.88. The normalized spacial score (nSPS) is 23.4. The summed E-state index contributed by atoms with van der Waals surface area (Å²) in [4.78, 5) is 4.50. The monoisotopic (exact) mass is 304 g/mol. The van der Waals surface area contributed by atoms with Gasteiger partial charge in [0.2, 0.25) is 0 Å². The molecule has 2 unspecified atom stereocenters. The molecule has 0 aliphatic heterocycles. The fraction of sp³-hybridized carbons (Fsp3) is 0.400. The van der Waals surface area contributed by atoms with Gasteiger partial charge in [-0.2, -0.15) is 0 Å². The Balaban J connectivity index is 1.94. The molecule has 2 aromatic rings. The van der Waals surface area contributed by atoms with Gasteiger partial charge < -0.3 is 5.32 Å². The smallest absolute Gasteiger partial charge is 0.134 e. The summed E-state index contributed by atoms with van der Waals surface area (Å²) in [5, 5.41) is 6.03. The molecule has 1 N–H and O–H groups in total. The maximum atomic E-state index is 4.50. The number of aromatic nitrogens is 1. The van der Waals surface area contributed by atoms with Crippen LogP contribution in [0.15, 0.2) is 34.9 Å². The summed E-state index contributed by atoms with van der Waals surface area (Å²) in [5.74, 6) is 1.86. The number of rotatable bonds is 2. The van der Waals surface area contributed by atoms with Gasteiger partial charge in [-0.25, -0.2) is 4.98 Å². The maximum Gasteiger partial charge on any atom is 0.134 e. The van der Waals surface area contributed by atoms with Gasteiger partial charge in [0.15, 0.2) is 0 Å². The Kier molecular flexibility index (Phi) is 3.25. The number of fused-ring (bicyclic) bond motifs is 1. The van der Waals surface area contributed by atoms with Gasteiger partial charge in [0.1, 0.15) is 5.82 Å². The predicted molar refractivity (Wildman–Crippen MR) is 79.9 cm³/mol. The molecule has 18 heavy (non-hydrogen) atoms. The summed E-state index contributed by atoms with van der Waals surface area (Å²) in [5.41, 5.74) is 0. The molecule has 0 bridgehead atoms. The first-order valence-corrected chi connectivity index (χ1v) is 7.33. The SMILES string of the molecule is CC1CCC(Nc2nccc3c(Br)cccc23)C1. The number of nitrogens with one attached hydrogen (secondary N) is 1. The van der Waals surface area contributed by atoms with E-state index in [4.69, 9.17) is 0 Å². The van der Waals surface area contributed by atoms with Crippen molar-refractivity contribution < 1.29 is 0 Å². The van der Waals surface area contributed by atoms with Crippen molar-refractivity contribution in [3.8, 4) is 0 Å². The molecule has 3 heteroatoms. The van der Waals surface area contributed by atoms with Crippen LogP contribution in [-0.4, -0.2) is 11.0 Å². The van der Waals surface area contributed by atoms with Crippen molar-refractivity contribution in [3.63, 3.8) is 0 Å². The van der Waals surface area contributed by atoms with Crippen molar-refractivity contribution >= 4 is 32.5 Å². The van der Waals surface area contributed by atoms with Crippen molar-refractivity contribution in [3.05, 3.63) is 34.9 Å². The van der Waals surface area contributed by atoms with Gasteiger partial charge in [0.05, 0.1) is 0 Å². The summed E-state index contributed by atoms with van der Waals surface area (Å²) >= 11 is 3.60. The Morgan fingerprint density at radius 3 is 2.89 bits per heavy atom. The highest BCUT2D eigenvalue weighted by Gasteiger charge is 2.21. The number of hydrogen-bond donors (Lipinski definition) is 1. The van der Waals surface area contributed by atoms with E-state index in [1.54, 1.807) is 0 Å². The number of halogens is 1. The first-order valence-electron chi connectivity index (χ1n) is 6.54. The quantitative estimate of drug-likeness (QED) is 0.877. The third-order valence-corrected chi connectivity index (χ3v) is 4.48. The number of nitrogens with zero attached hydrogens (tertiary/aromatic N) is 1. The van der Waals surface area contributed by atoms with Crippen molar-refractivity contribution in [1.29, 1.82) is 0 Å². The average Bonchev–Trinajstić information content (AvgIpc) is 2.76. The first-order chi connectivity index (χ1) is 8.74. The predicted octanol–water partition coefficient (Wildman–Crippen LogP) is 4.60. The molecule has 94 valence electrons. The number of anilines is 1. The molecule has 1 heterocycles. The van der Waals surface area contributed by atoms with Crippen LogP contribution in [0.4, 0.5) is 5.82 Å². The van der Waals surface area contributed by atoms with Crippen LogP contribution < -0.4 is 5.32 Å². The number of benzene rings is 1. The first kappa shape index (κ1) is 12.0. The Hall–Kier alpha value is -1.09. The Labute approximate surface area is 116 Å². The molecule has 0 spiro atoms. The lowest BCUT2D eigenvalue weighted by Gasteiger charge is -2.15. The van der Waals surface area contributed by atoms with Crippen molar-refractivity contribution in [2.45, 2.75) is 32.2 Å². The van der Waals surface area contributed by atoms with Crippen molar-refractivity contribution in [2.24, 2.45) is 5.92 Å². The Bertz CT molecular complexity index is 567. The highest BCUT2D eigenvalue weighted by Crippen LogP contribution is 2.31.